The normalized spacial score (nSPS) is 25.9. The zero-order valence-corrected chi connectivity index (χ0v) is 26.5. The van der Waals surface area contributed by atoms with Gasteiger partial charge in [-0.2, -0.15) is 0 Å². The van der Waals surface area contributed by atoms with Gasteiger partial charge in [-0.15, -0.1) is 24.9 Å². The van der Waals surface area contributed by atoms with Crippen molar-refractivity contribution in [1.29, 1.82) is 0 Å². The number of rotatable bonds is 15. The zero-order chi connectivity index (χ0) is 31.3. The van der Waals surface area contributed by atoms with E-state index < -0.39 is 28.7 Å². The lowest BCUT2D eigenvalue weighted by atomic mass is 9.70. The van der Waals surface area contributed by atoms with Gasteiger partial charge in [-0.3, -0.25) is 14.4 Å². The van der Waals surface area contributed by atoms with E-state index in [1.807, 2.05) is 65.6 Å². The summed E-state index contributed by atoms with van der Waals surface area (Å²) in [5.74, 6) is -1.60. The van der Waals surface area contributed by atoms with Crippen LogP contribution in [0.3, 0.4) is 0 Å². The Morgan fingerprint density at radius 1 is 1.05 bits per heavy atom. The number of unbranched alkanes of at least 4 members (excludes halogenated alkanes) is 2. The zero-order valence-electron chi connectivity index (χ0n) is 25.7. The monoisotopic (exact) mass is 615 g/mol. The van der Waals surface area contributed by atoms with Gasteiger partial charge in [-0.05, 0) is 43.4 Å². The van der Waals surface area contributed by atoms with Crippen molar-refractivity contribution < 1.29 is 19.5 Å². The Kier molecular flexibility index (Phi) is 10.3. The van der Waals surface area contributed by atoms with Gasteiger partial charge in [0.1, 0.15) is 6.04 Å². The van der Waals surface area contributed by atoms with Crippen molar-refractivity contribution >= 4 is 35.2 Å². The van der Waals surface area contributed by atoms with Crippen LogP contribution in [-0.2, 0) is 20.8 Å². The highest BCUT2D eigenvalue weighted by Crippen LogP contribution is 2.67. The van der Waals surface area contributed by atoms with Gasteiger partial charge in [-0.25, -0.2) is 0 Å². The Balaban J connectivity index is 1.56. The molecule has 0 saturated carbocycles. The number of hydrogen-bond donors (Lipinski definition) is 1. The second-order valence-electron chi connectivity index (χ2n) is 12.2. The third-order valence-electron chi connectivity index (χ3n) is 9.51. The average Bonchev–Trinajstić information content (AvgIpc) is 3.70. The van der Waals surface area contributed by atoms with Crippen LogP contribution in [0.2, 0.25) is 0 Å². The molecule has 8 heteroatoms. The number of aliphatic hydroxyl groups is 1. The molecule has 2 unspecified atom stereocenters. The van der Waals surface area contributed by atoms with Crippen LogP contribution < -0.4 is 4.90 Å². The molecule has 3 fully saturated rings. The fourth-order valence-corrected chi connectivity index (χ4v) is 9.79. The number of para-hydroxylation sites is 1. The van der Waals surface area contributed by atoms with Crippen LogP contribution in [0.4, 0.5) is 5.69 Å². The number of amides is 3. The number of likely N-dealkylation sites (tertiary alicyclic amines) is 1. The van der Waals surface area contributed by atoms with E-state index >= 15 is 0 Å². The molecule has 0 radical (unpaired) electrons. The number of hydrogen-bond acceptors (Lipinski definition) is 5. The third kappa shape index (κ3) is 5.86. The van der Waals surface area contributed by atoms with E-state index in [-0.39, 0.29) is 29.6 Å². The minimum Gasteiger partial charge on any atom is -0.394 e. The predicted octanol–water partition coefficient (Wildman–Crippen LogP) is 5.11. The van der Waals surface area contributed by atoms with Gasteiger partial charge in [0.15, 0.2) is 0 Å². The molecule has 3 heterocycles. The number of fused-ring (bicyclic) bond motifs is 1. The molecule has 234 valence electrons. The lowest BCUT2D eigenvalue weighted by Gasteiger charge is -2.40. The van der Waals surface area contributed by atoms with Gasteiger partial charge in [0.05, 0.1) is 29.2 Å². The number of thioether (sulfide) groups is 1. The van der Waals surface area contributed by atoms with E-state index in [2.05, 4.69) is 20.1 Å². The lowest BCUT2D eigenvalue weighted by Crippen LogP contribution is -2.58. The lowest BCUT2D eigenvalue weighted by molar-refractivity contribution is -0.145. The Morgan fingerprint density at radius 2 is 1.73 bits per heavy atom. The number of carbonyl (C=O) groups excluding carboxylic acids is 3. The molecule has 2 aromatic rings. The number of benzene rings is 2. The third-order valence-corrected chi connectivity index (χ3v) is 11.5. The molecule has 5 rings (SSSR count). The molecule has 2 aromatic carbocycles. The highest BCUT2D eigenvalue weighted by atomic mass is 32.2. The van der Waals surface area contributed by atoms with Gasteiger partial charge in [0, 0.05) is 30.6 Å². The second kappa shape index (κ2) is 14.2. The molecular weight excluding hydrogens is 570 g/mol. The van der Waals surface area contributed by atoms with Gasteiger partial charge in [0.25, 0.3) is 0 Å². The van der Waals surface area contributed by atoms with Crippen molar-refractivity contribution in [2.45, 2.75) is 67.5 Å². The van der Waals surface area contributed by atoms with Crippen molar-refractivity contribution in [2.24, 2.45) is 11.8 Å². The Hall–Kier alpha value is -3.36. The first-order valence-corrected chi connectivity index (χ1v) is 16.8. The van der Waals surface area contributed by atoms with Crippen LogP contribution >= 0.6 is 11.8 Å². The Morgan fingerprint density at radius 3 is 2.36 bits per heavy atom. The molecule has 0 aromatic heterocycles. The molecule has 3 saturated heterocycles. The highest BCUT2D eigenvalue weighted by molar-refractivity contribution is 8.02. The maximum atomic E-state index is 14.8. The average molecular weight is 616 g/mol. The predicted molar refractivity (Wildman–Crippen MR) is 177 cm³/mol. The van der Waals surface area contributed by atoms with Crippen molar-refractivity contribution in [1.82, 2.24) is 9.80 Å². The minimum absolute atomic E-state index is 0.0560. The molecular formula is C36H45N3O4S. The molecule has 7 nitrogen and oxygen atoms in total. The summed E-state index contributed by atoms with van der Waals surface area (Å²) >= 11 is 1.67. The minimum atomic E-state index is -0.764. The van der Waals surface area contributed by atoms with Crippen LogP contribution in [0, 0.1) is 11.8 Å². The maximum Gasteiger partial charge on any atom is 0.247 e. The number of carbonyl (C=O) groups is 3. The molecule has 2 bridgehead atoms. The summed E-state index contributed by atoms with van der Waals surface area (Å²) in [4.78, 5) is 49.2. The van der Waals surface area contributed by atoms with E-state index in [0.717, 1.165) is 36.9 Å². The summed E-state index contributed by atoms with van der Waals surface area (Å²) in [7, 11) is 0. The number of anilines is 1. The first-order chi connectivity index (χ1) is 21.4. The molecule has 44 heavy (non-hydrogen) atoms. The summed E-state index contributed by atoms with van der Waals surface area (Å²) in [6, 6.07) is 17.9. The second-order valence-corrected chi connectivity index (χ2v) is 13.8. The summed E-state index contributed by atoms with van der Waals surface area (Å²) in [6.07, 6.45) is 8.22. The molecule has 3 amide bonds. The van der Waals surface area contributed by atoms with E-state index in [9.17, 15) is 19.5 Å². The van der Waals surface area contributed by atoms with Gasteiger partial charge < -0.3 is 19.8 Å². The smallest absolute Gasteiger partial charge is 0.247 e. The topological polar surface area (TPSA) is 81.2 Å². The van der Waals surface area contributed by atoms with E-state index in [1.165, 1.54) is 0 Å². The highest BCUT2D eigenvalue weighted by Gasteiger charge is 2.74. The summed E-state index contributed by atoms with van der Waals surface area (Å²) in [5.41, 5.74) is 1.75. The summed E-state index contributed by atoms with van der Waals surface area (Å²) < 4.78 is -0.732. The SMILES string of the molecule is C=CCN(CCCCC)C(=O)C1N([C@@H](CO)Cc2ccccc2)C(=O)[C@@H]2[C@H](C(=O)N(CC=C)c3ccccc3)[C@@H]3CCC12S3. The summed E-state index contributed by atoms with van der Waals surface area (Å²) in [5, 5.41) is 10.7. The van der Waals surface area contributed by atoms with Gasteiger partial charge in [-0.1, -0.05) is 80.4 Å². The van der Waals surface area contributed by atoms with Crippen LogP contribution in [0.5, 0.6) is 0 Å². The largest absolute Gasteiger partial charge is 0.394 e. The number of nitrogens with zero attached hydrogens (tertiary/aromatic N) is 3. The van der Waals surface area contributed by atoms with Crippen LogP contribution in [0.25, 0.3) is 0 Å². The fourth-order valence-electron chi connectivity index (χ4n) is 7.59. The summed E-state index contributed by atoms with van der Waals surface area (Å²) in [6.45, 7) is 11.0. The number of aliphatic hydroxyl groups excluding tert-OH is 1. The van der Waals surface area contributed by atoms with Gasteiger partial charge in [0.2, 0.25) is 17.7 Å². The molecule has 0 aliphatic carbocycles. The van der Waals surface area contributed by atoms with Crippen molar-refractivity contribution in [3.63, 3.8) is 0 Å². The van der Waals surface area contributed by atoms with Crippen molar-refractivity contribution in [3.05, 3.63) is 91.5 Å². The van der Waals surface area contributed by atoms with Crippen molar-refractivity contribution in [2.75, 3.05) is 31.1 Å². The van der Waals surface area contributed by atoms with E-state index in [1.54, 1.807) is 33.7 Å². The maximum absolute atomic E-state index is 14.8. The first kappa shape index (κ1) is 32.0. The Labute approximate surface area is 266 Å². The fraction of sp³-hybridized carbons (Fsp3) is 0.472. The molecule has 1 spiro atoms. The van der Waals surface area contributed by atoms with Crippen molar-refractivity contribution in [3.8, 4) is 0 Å². The quantitative estimate of drug-likeness (QED) is 0.223. The Bertz CT molecular complexity index is 1340. The van der Waals surface area contributed by atoms with Crippen LogP contribution in [0.1, 0.15) is 44.6 Å². The van der Waals surface area contributed by atoms with Crippen LogP contribution in [0.15, 0.2) is 86.0 Å². The standard InChI is InChI=1S/C36H45N3O4S/c1-4-7-14-23-37(21-5-2)35(43)32-36-20-19-29(44-36)30(33(41)38(22-6-3)27-17-12-9-13-18-27)31(36)34(42)39(32)28(25-40)24-26-15-10-8-11-16-26/h5-6,8-13,15-18,28-32,40H,2-4,7,14,19-25H2,1H3/t28-,29+,30-,31+,32?,36?/m1/s1. The molecule has 3 aliphatic rings. The van der Waals surface area contributed by atoms with Gasteiger partial charge >= 0.3 is 0 Å². The van der Waals surface area contributed by atoms with E-state index in [4.69, 9.17) is 0 Å². The van der Waals surface area contributed by atoms with E-state index in [0.29, 0.717) is 32.5 Å². The van der Waals surface area contributed by atoms with Crippen LogP contribution in [-0.4, -0.2) is 80.9 Å². The first-order valence-electron chi connectivity index (χ1n) is 15.9. The molecule has 6 atom stereocenters. The molecule has 3 aliphatic heterocycles. The molecule has 1 N–H and O–H groups in total.